The quantitative estimate of drug-likeness (QED) is 0.798. The van der Waals surface area contributed by atoms with Gasteiger partial charge in [0, 0.05) is 27.1 Å². The summed E-state index contributed by atoms with van der Waals surface area (Å²) in [5, 5.41) is 2.96. The van der Waals surface area contributed by atoms with Crippen LogP contribution in [0.5, 0.6) is 5.75 Å². The van der Waals surface area contributed by atoms with Crippen LogP contribution in [0.3, 0.4) is 0 Å². The molecule has 6 heteroatoms. The van der Waals surface area contributed by atoms with E-state index in [-0.39, 0.29) is 12.6 Å². The van der Waals surface area contributed by atoms with Gasteiger partial charge in [-0.3, -0.25) is 4.79 Å². The van der Waals surface area contributed by atoms with Gasteiger partial charge in [0.05, 0.1) is 0 Å². The van der Waals surface area contributed by atoms with Crippen molar-refractivity contribution in [3.05, 3.63) is 29.8 Å². The molecule has 0 bridgehead atoms. The molecule has 0 unspecified atom stereocenters. The van der Waals surface area contributed by atoms with Gasteiger partial charge in [0.1, 0.15) is 12.4 Å². The van der Waals surface area contributed by atoms with Crippen LogP contribution < -0.4 is 10.1 Å². The fourth-order valence-electron chi connectivity index (χ4n) is 1.39. The van der Waals surface area contributed by atoms with Crippen molar-refractivity contribution in [2.24, 2.45) is 0 Å². The first-order valence-corrected chi connectivity index (χ1v) is 6.32. The predicted octanol–water partition coefficient (Wildman–Crippen LogP) is 1.40. The zero-order chi connectivity index (χ0) is 15.0. The standard InChI is InChI=1S/C14H20N2O4/c1-11(17)19-10-12-4-6-13(7-5-12)20-14(18)16(3)9-8-15-2/h4-7,15H,8-10H2,1-3H3. The molecule has 0 aliphatic heterocycles. The van der Waals surface area contributed by atoms with Crippen LogP contribution in [0.2, 0.25) is 0 Å². The van der Waals surface area contributed by atoms with Crippen molar-refractivity contribution in [2.75, 3.05) is 27.2 Å². The molecule has 1 rings (SSSR count). The van der Waals surface area contributed by atoms with E-state index in [1.807, 2.05) is 7.05 Å². The largest absolute Gasteiger partial charge is 0.461 e. The zero-order valence-electron chi connectivity index (χ0n) is 12.0. The van der Waals surface area contributed by atoms with Gasteiger partial charge in [-0.15, -0.1) is 0 Å². The van der Waals surface area contributed by atoms with Crippen LogP contribution in [0.25, 0.3) is 0 Å². The number of carbonyl (C=O) groups excluding carboxylic acids is 2. The topological polar surface area (TPSA) is 67.9 Å². The predicted molar refractivity (Wildman–Crippen MR) is 74.5 cm³/mol. The molecular weight excluding hydrogens is 260 g/mol. The van der Waals surface area contributed by atoms with Crippen molar-refractivity contribution in [1.29, 1.82) is 0 Å². The summed E-state index contributed by atoms with van der Waals surface area (Å²) in [7, 11) is 3.50. The molecule has 0 saturated heterocycles. The molecule has 0 aromatic heterocycles. The van der Waals surface area contributed by atoms with Gasteiger partial charge < -0.3 is 19.7 Å². The normalized spacial score (nSPS) is 9.95. The Morgan fingerprint density at radius 3 is 2.45 bits per heavy atom. The van der Waals surface area contributed by atoms with E-state index in [9.17, 15) is 9.59 Å². The average molecular weight is 280 g/mol. The van der Waals surface area contributed by atoms with Crippen LogP contribution in [-0.2, 0) is 16.1 Å². The number of nitrogens with zero attached hydrogens (tertiary/aromatic N) is 1. The number of esters is 1. The number of ether oxygens (including phenoxy) is 2. The molecule has 1 amide bonds. The highest BCUT2D eigenvalue weighted by molar-refractivity contribution is 5.70. The molecule has 20 heavy (non-hydrogen) atoms. The summed E-state index contributed by atoms with van der Waals surface area (Å²) in [6.07, 6.45) is -0.409. The van der Waals surface area contributed by atoms with Gasteiger partial charge in [-0.2, -0.15) is 0 Å². The molecule has 1 N–H and O–H groups in total. The Balaban J connectivity index is 2.48. The first-order chi connectivity index (χ1) is 9.52. The molecule has 0 atom stereocenters. The van der Waals surface area contributed by atoms with E-state index in [1.165, 1.54) is 11.8 Å². The summed E-state index contributed by atoms with van der Waals surface area (Å²) in [5.74, 6) is 0.129. The number of benzene rings is 1. The summed E-state index contributed by atoms with van der Waals surface area (Å²) in [6, 6.07) is 6.84. The number of amides is 1. The molecule has 0 saturated carbocycles. The lowest BCUT2D eigenvalue weighted by atomic mass is 10.2. The molecule has 0 radical (unpaired) electrons. The maximum absolute atomic E-state index is 11.7. The van der Waals surface area contributed by atoms with Gasteiger partial charge >= 0.3 is 12.1 Å². The summed E-state index contributed by atoms with van der Waals surface area (Å²) in [6.45, 7) is 2.84. The average Bonchev–Trinajstić information content (AvgIpc) is 2.43. The number of nitrogens with one attached hydrogen (secondary N) is 1. The van der Waals surface area contributed by atoms with Crippen molar-refractivity contribution >= 4 is 12.1 Å². The number of hydrogen-bond donors (Lipinski definition) is 1. The highest BCUT2D eigenvalue weighted by atomic mass is 16.6. The molecule has 1 aromatic rings. The molecule has 0 fully saturated rings. The van der Waals surface area contributed by atoms with Crippen molar-refractivity contribution in [1.82, 2.24) is 10.2 Å². The van der Waals surface area contributed by atoms with Crippen LogP contribution >= 0.6 is 0 Å². The summed E-state index contributed by atoms with van der Waals surface area (Å²) < 4.78 is 10.1. The Hall–Kier alpha value is -2.08. The second-order valence-corrected chi connectivity index (χ2v) is 4.32. The van der Waals surface area contributed by atoms with Crippen LogP contribution in [0.1, 0.15) is 12.5 Å². The lowest BCUT2D eigenvalue weighted by Gasteiger charge is -2.16. The SMILES string of the molecule is CNCCN(C)C(=O)Oc1ccc(COC(C)=O)cc1. The second kappa shape index (κ2) is 8.16. The number of rotatable bonds is 6. The number of likely N-dealkylation sites (N-methyl/N-ethyl adjacent to an activating group) is 2. The van der Waals surface area contributed by atoms with Gasteiger partial charge in [-0.05, 0) is 24.7 Å². The van der Waals surface area contributed by atoms with Gasteiger partial charge in [0.25, 0.3) is 0 Å². The smallest absolute Gasteiger partial charge is 0.415 e. The number of carbonyl (C=O) groups is 2. The molecule has 6 nitrogen and oxygen atoms in total. The molecule has 1 aromatic carbocycles. The van der Waals surface area contributed by atoms with E-state index in [2.05, 4.69) is 5.32 Å². The Morgan fingerprint density at radius 2 is 1.90 bits per heavy atom. The fourth-order valence-corrected chi connectivity index (χ4v) is 1.39. The van der Waals surface area contributed by atoms with E-state index in [1.54, 1.807) is 31.3 Å². The minimum absolute atomic E-state index is 0.214. The summed E-state index contributed by atoms with van der Waals surface area (Å²) in [5.41, 5.74) is 0.837. The van der Waals surface area contributed by atoms with E-state index < -0.39 is 6.09 Å². The number of hydrogen-bond acceptors (Lipinski definition) is 5. The third-order valence-corrected chi connectivity index (χ3v) is 2.58. The van der Waals surface area contributed by atoms with E-state index in [0.717, 1.165) is 5.56 Å². The van der Waals surface area contributed by atoms with E-state index in [0.29, 0.717) is 18.8 Å². The first-order valence-electron chi connectivity index (χ1n) is 6.32. The Bertz CT molecular complexity index is 445. The fraction of sp³-hybridized carbons (Fsp3) is 0.429. The zero-order valence-corrected chi connectivity index (χ0v) is 12.0. The molecule has 0 spiro atoms. The van der Waals surface area contributed by atoms with Crippen LogP contribution in [0.15, 0.2) is 24.3 Å². The third kappa shape index (κ3) is 5.71. The maximum Gasteiger partial charge on any atom is 0.415 e. The molecule has 0 heterocycles. The van der Waals surface area contributed by atoms with Gasteiger partial charge in [-0.25, -0.2) is 4.79 Å². The third-order valence-electron chi connectivity index (χ3n) is 2.58. The van der Waals surface area contributed by atoms with Crippen molar-refractivity contribution in [3.8, 4) is 5.75 Å². The molecule has 110 valence electrons. The maximum atomic E-state index is 11.7. The minimum Gasteiger partial charge on any atom is -0.461 e. The van der Waals surface area contributed by atoms with Crippen molar-refractivity contribution < 1.29 is 19.1 Å². The van der Waals surface area contributed by atoms with Crippen molar-refractivity contribution in [2.45, 2.75) is 13.5 Å². The Morgan fingerprint density at radius 1 is 1.25 bits per heavy atom. The van der Waals surface area contributed by atoms with Gasteiger partial charge in [-0.1, -0.05) is 12.1 Å². The van der Waals surface area contributed by atoms with Crippen LogP contribution in [-0.4, -0.2) is 44.1 Å². The highest BCUT2D eigenvalue weighted by Gasteiger charge is 2.10. The van der Waals surface area contributed by atoms with Gasteiger partial charge in [0.15, 0.2) is 0 Å². The lowest BCUT2D eigenvalue weighted by Crippen LogP contribution is -2.34. The van der Waals surface area contributed by atoms with E-state index in [4.69, 9.17) is 9.47 Å². The van der Waals surface area contributed by atoms with Gasteiger partial charge in [0.2, 0.25) is 0 Å². The molecular formula is C14H20N2O4. The van der Waals surface area contributed by atoms with Crippen LogP contribution in [0, 0.1) is 0 Å². The Labute approximate surface area is 118 Å². The second-order valence-electron chi connectivity index (χ2n) is 4.32. The molecule has 0 aliphatic carbocycles. The highest BCUT2D eigenvalue weighted by Crippen LogP contribution is 2.13. The first kappa shape index (κ1) is 16.0. The van der Waals surface area contributed by atoms with E-state index >= 15 is 0 Å². The minimum atomic E-state index is -0.409. The van der Waals surface area contributed by atoms with Crippen molar-refractivity contribution in [3.63, 3.8) is 0 Å². The Kier molecular flexibility index (Phi) is 6.52. The molecule has 0 aliphatic rings. The lowest BCUT2D eigenvalue weighted by molar-refractivity contribution is -0.142. The monoisotopic (exact) mass is 280 g/mol. The summed E-state index contributed by atoms with van der Waals surface area (Å²) in [4.78, 5) is 23.9. The van der Waals surface area contributed by atoms with Crippen LogP contribution in [0.4, 0.5) is 4.79 Å². The summed E-state index contributed by atoms with van der Waals surface area (Å²) >= 11 is 0.